The van der Waals surface area contributed by atoms with E-state index in [0.717, 1.165) is 17.1 Å². The molecule has 0 radical (unpaired) electrons. The monoisotopic (exact) mass is 737 g/mol. The lowest BCUT2D eigenvalue weighted by molar-refractivity contribution is 0.768. The summed E-state index contributed by atoms with van der Waals surface area (Å²) >= 11 is 0. The summed E-state index contributed by atoms with van der Waals surface area (Å²) in [6, 6.07) is 86.9. The summed E-state index contributed by atoms with van der Waals surface area (Å²) in [7, 11) is 0. The number of hydrogen-bond donors (Lipinski definition) is 0. The van der Waals surface area contributed by atoms with Crippen LogP contribution in [-0.2, 0) is 5.41 Å². The van der Waals surface area contributed by atoms with Gasteiger partial charge in [-0.3, -0.25) is 0 Å². The van der Waals surface area contributed by atoms with Gasteiger partial charge < -0.3 is 4.90 Å². The van der Waals surface area contributed by atoms with E-state index in [2.05, 4.69) is 241 Å². The molecule has 0 aliphatic heterocycles. The normalized spacial score (nSPS) is 12.6. The Morgan fingerprint density at radius 1 is 0.293 bits per heavy atom. The van der Waals surface area contributed by atoms with Crippen LogP contribution in [0.15, 0.2) is 237 Å². The topological polar surface area (TPSA) is 3.24 Å². The molecule has 0 bridgehead atoms. The van der Waals surface area contributed by atoms with Gasteiger partial charge in [0.25, 0.3) is 0 Å². The van der Waals surface area contributed by atoms with Crippen LogP contribution < -0.4 is 4.90 Å². The van der Waals surface area contributed by atoms with Gasteiger partial charge in [-0.2, -0.15) is 0 Å². The van der Waals surface area contributed by atoms with Crippen LogP contribution in [0.2, 0.25) is 0 Å². The molecule has 1 aliphatic rings. The van der Waals surface area contributed by atoms with Gasteiger partial charge in [0.1, 0.15) is 0 Å². The summed E-state index contributed by atoms with van der Waals surface area (Å²) < 4.78 is 0. The molecule has 272 valence electrons. The van der Waals surface area contributed by atoms with Crippen LogP contribution >= 0.6 is 0 Å². The maximum absolute atomic E-state index is 2.44. The van der Waals surface area contributed by atoms with E-state index < -0.39 is 5.41 Å². The highest BCUT2D eigenvalue weighted by molar-refractivity contribution is 6.00. The minimum Gasteiger partial charge on any atom is -0.310 e. The lowest BCUT2D eigenvalue weighted by Crippen LogP contribution is -2.28. The van der Waals surface area contributed by atoms with Crippen molar-refractivity contribution in [3.8, 4) is 33.4 Å². The number of para-hydroxylation sites is 1. The summed E-state index contributed by atoms with van der Waals surface area (Å²) in [5, 5.41) is 4.93. The molecule has 10 aromatic rings. The molecule has 0 amide bonds. The van der Waals surface area contributed by atoms with E-state index in [-0.39, 0.29) is 0 Å². The second kappa shape index (κ2) is 13.9. The summed E-state index contributed by atoms with van der Waals surface area (Å²) in [5.41, 5.74) is 15.3. The average molecular weight is 738 g/mol. The number of fused-ring (bicyclic) bond motifs is 5. The molecule has 58 heavy (non-hydrogen) atoms. The minimum atomic E-state index is -0.476. The largest absolute Gasteiger partial charge is 0.310 e. The molecule has 0 saturated heterocycles. The lowest BCUT2D eigenvalue weighted by Gasteiger charge is -2.34. The second-order valence-electron chi connectivity index (χ2n) is 15.2. The lowest BCUT2D eigenvalue weighted by atomic mass is 9.67. The van der Waals surface area contributed by atoms with Gasteiger partial charge in [0.05, 0.1) is 11.1 Å². The van der Waals surface area contributed by atoms with Crippen molar-refractivity contribution >= 4 is 38.6 Å². The highest BCUT2D eigenvalue weighted by Crippen LogP contribution is 2.59. The van der Waals surface area contributed by atoms with Crippen molar-refractivity contribution in [3.05, 3.63) is 259 Å². The fraction of sp³-hybridized carbons (Fsp3) is 0.0175. The van der Waals surface area contributed by atoms with Crippen LogP contribution in [0, 0.1) is 0 Å². The van der Waals surface area contributed by atoms with Crippen LogP contribution in [0.5, 0.6) is 0 Å². The summed E-state index contributed by atoms with van der Waals surface area (Å²) in [5.74, 6) is 0. The van der Waals surface area contributed by atoms with Gasteiger partial charge in [0.15, 0.2) is 0 Å². The fourth-order valence-electron chi connectivity index (χ4n) is 9.53. The zero-order valence-corrected chi connectivity index (χ0v) is 32.0. The van der Waals surface area contributed by atoms with Gasteiger partial charge in [0, 0.05) is 16.9 Å². The maximum Gasteiger partial charge on any atom is 0.0713 e. The zero-order valence-electron chi connectivity index (χ0n) is 32.0. The highest BCUT2D eigenvalue weighted by Gasteiger charge is 2.46. The average Bonchev–Trinajstić information content (AvgIpc) is 3.61. The smallest absolute Gasteiger partial charge is 0.0713 e. The van der Waals surface area contributed by atoms with Crippen molar-refractivity contribution in [2.45, 2.75) is 5.41 Å². The van der Waals surface area contributed by atoms with Crippen molar-refractivity contribution in [2.75, 3.05) is 4.90 Å². The van der Waals surface area contributed by atoms with Crippen molar-refractivity contribution in [3.63, 3.8) is 0 Å². The van der Waals surface area contributed by atoms with Gasteiger partial charge in [-0.25, -0.2) is 0 Å². The zero-order chi connectivity index (χ0) is 38.5. The Balaban J connectivity index is 1.13. The van der Waals surface area contributed by atoms with E-state index in [0.29, 0.717) is 0 Å². The number of anilines is 3. The maximum atomic E-state index is 2.44. The number of benzene rings is 10. The van der Waals surface area contributed by atoms with Gasteiger partial charge in [-0.05, 0) is 108 Å². The highest BCUT2D eigenvalue weighted by atomic mass is 15.1. The first-order chi connectivity index (χ1) is 28.8. The first-order valence-corrected chi connectivity index (χ1v) is 20.1. The predicted octanol–water partition coefficient (Wildman–Crippen LogP) is 15.2. The van der Waals surface area contributed by atoms with Crippen molar-refractivity contribution < 1.29 is 0 Å². The second-order valence-corrected chi connectivity index (χ2v) is 15.2. The molecule has 1 heteroatoms. The molecule has 1 aliphatic carbocycles. The third-order valence-electron chi connectivity index (χ3n) is 12.1. The van der Waals surface area contributed by atoms with E-state index >= 15 is 0 Å². The van der Waals surface area contributed by atoms with Crippen molar-refractivity contribution in [1.82, 2.24) is 0 Å². The Morgan fingerprint density at radius 2 is 0.793 bits per heavy atom. The minimum absolute atomic E-state index is 0.476. The predicted molar refractivity (Wildman–Crippen MR) is 244 cm³/mol. The van der Waals surface area contributed by atoms with Gasteiger partial charge in [0.2, 0.25) is 0 Å². The third kappa shape index (κ3) is 5.39. The molecule has 11 rings (SSSR count). The van der Waals surface area contributed by atoms with E-state index in [1.54, 1.807) is 0 Å². The molecular formula is C57H39N. The van der Waals surface area contributed by atoms with Crippen molar-refractivity contribution in [1.29, 1.82) is 0 Å². The van der Waals surface area contributed by atoms with Gasteiger partial charge in [-0.1, -0.05) is 200 Å². The first-order valence-electron chi connectivity index (χ1n) is 20.1. The Bertz CT molecular complexity index is 3070. The Kier molecular flexibility index (Phi) is 8.12. The summed E-state index contributed by atoms with van der Waals surface area (Å²) in [4.78, 5) is 2.44. The molecule has 0 unspecified atom stereocenters. The molecule has 1 nitrogen and oxygen atoms in total. The molecule has 0 heterocycles. The Hall–Kier alpha value is -7.48. The van der Waals surface area contributed by atoms with Gasteiger partial charge in [-0.15, -0.1) is 0 Å². The Morgan fingerprint density at radius 3 is 1.50 bits per heavy atom. The SMILES string of the molecule is c1ccc(C2(c3ccccc3)c3ccccc3-c3c(-c4ccccc4N(c4ccc(-c5ccc6ccccc6c5)cc4)c4ccc5ccccc5c4)cccc32)cc1. The molecule has 0 fully saturated rings. The summed E-state index contributed by atoms with van der Waals surface area (Å²) in [6.45, 7) is 0. The van der Waals surface area contributed by atoms with E-state index in [1.165, 1.54) is 77.2 Å². The van der Waals surface area contributed by atoms with E-state index in [1.807, 2.05) is 0 Å². The quantitative estimate of drug-likeness (QED) is 0.157. The molecule has 0 saturated carbocycles. The molecular weight excluding hydrogens is 699 g/mol. The summed E-state index contributed by atoms with van der Waals surface area (Å²) in [6.07, 6.45) is 0. The standard InChI is InChI=1S/C57H39N/c1-3-20-46(21-4-1)57(47-22-5-2-6-23-47)53-27-13-11-25-52(53)56-51(26-15-28-54(56)57)50-24-12-14-29-55(50)58(49-37-34-41-17-8-10-19-44(41)39-49)48-35-32-42(33-36-48)45-31-30-40-16-7-9-18-43(40)38-45/h1-39H. The molecule has 0 spiro atoms. The molecule has 10 aromatic carbocycles. The fourth-order valence-corrected chi connectivity index (χ4v) is 9.53. The van der Waals surface area contributed by atoms with E-state index in [9.17, 15) is 0 Å². The number of hydrogen-bond acceptors (Lipinski definition) is 1. The van der Waals surface area contributed by atoms with E-state index in [4.69, 9.17) is 0 Å². The van der Waals surface area contributed by atoms with Crippen LogP contribution in [-0.4, -0.2) is 0 Å². The van der Waals surface area contributed by atoms with Crippen LogP contribution in [0.3, 0.4) is 0 Å². The number of rotatable bonds is 7. The van der Waals surface area contributed by atoms with Crippen LogP contribution in [0.25, 0.3) is 54.9 Å². The third-order valence-corrected chi connectivity index (χ3v) is 12.1. The van der Waals surface area contributed by atoms with Crippen LogP contribution in [0.4, 0.5) is 17.1 Å². The van der Waals surface area contributed by atoms with Gasteiger partial charge >= 0.3 is 0 Å². The first kappa shape index (κ1) is 33.8. The molecule has 0 aromatic heterocycles. The molecule has 0 N–H and O–H groups in total. The number of nitrogens with zero attached hydrogens (tertiary/aromatic N) is 1. The van der Waals surface area contributed by atoms with Crippen molar-refractivity contribution in [2.24, 2.45) is 0 Å². The molecule has 0 atom stereocenters. The van der Waals surface area contributed by atoms with Crippen LogP contribution in [0.1, 0.15) is 22.3 Å². The Labute approximate surface area is 339 Å².